The van der Waals surface area contributed by atoms with E-state index < -0.39 is 0 Å². The predicted octanol–water partition coefficient (Wildman–Crippen LogP) is 1.03. The quantitative estimate of drug-likeness (QED) is 0.807. The SMILES string of the molecule is CCNCC1(CN2CCCN(C)CC2)CCOCC1. The van der Waals surface area contributed by atoms with Crippen molar-refractivity contribution in [3.8, 4) is 0 Å². The van der Waals surface area contributed by atoms with E-state index >= 15 is 0 Å². The van der Waals surface area contributed by atoms with Crippen LogP contribution in [0.15, 0.2) is 0 Å². The topological polar surface area (TPSA) is 27.7 Å². The van der Waals surface area contributed by atoms with E-state index in [9.17, 15) is 0 Å². The number of nitrogens with one attached hydrogen (secondary N) is 1. The molecule has 2 rings (SSSR count). The Kier molecular flexibility index (Phi) is 6.07. The van der Waals surface area contributed by atoms with Crippen molar-refractivity contribution in [1.29, 1.82) is 0 Å². The van der Waals surface area contributed by atoms with Crippen LogP contribution in [0, 0.1) is 5.41 Å². The lowest BCUT2D eigenvalue weighted by Gasteiger charge is -2.41. The van der Waals surface area contributed by atoms with Crippen molar-refractivity contribution in [2.24, 2.45) is 5.41 Å². The summed E-state index contributed by atoms with van der Waals surface area (Å²) in [6, 6.07) is 0. The molecule has 4 heteroatoms. The molecule has 0 unspecified atom stereocenters. The van der Waals surface area contributed by atoms with E-state index in [2.05, 4.69) is 29.1 Å². The predicted molar refractivity (Wildman–Crippen MR) is 79.6 cm³/mol. The van der Waals surface area contributed by atoms with Crippen LogP contribution < -0.4 is 5.32 Å². The smallest absolute Gasteiger partial charge is 0.0472 e. The Bertz CT molecular complexity index is 254. The molecule has 19 heavy (non-hydrogen) atoms. The molecule has 0 bridgehead atoms. The van der Waals surface area contributed by atoms with Crippen LogP contribution >= 0.6 is 0 Å². The molecular formula is C15H31N3O. The van der Waals surface area contributed by atoms with Gasteiger partial charge < -0.3 is 19.9 Å². The molecule has 0 aromatic rings. The molecule has 0 aromatic heterocycles. The second kappa shape index (κ2) is 7.58. The summed E-state index contributed by atoms with van der Waals surface area (Å²) >= 11 is 0. The van der Waals surface area contributed by atoms with E-state index in [-0.39, 0.29) is 0 Å². The van der Waals surface area contributed by atoms with Crippen LogP contribution in [0.5, 0.6) is 0 Å². The van der Waals surface area contributed by atoms with Crippen LogP contribution in [0.2, 0.25) is 0 Å². The molecule has 2 saturated heterocycles. The maximum Gasteiger partial charge on any atom is 0.0472 e. The van der Waals surface area contributed by atoms with Crippen LogP contribution in [0.4, 0.5) is 0 Å². The average molecular weight is 269 g/mol. The fraction of sp³-hybridized carbons (Fsp3) is 1.00. The first-order valence-corrected chi connectivity index (χ1v) is 7.93. The highest BCUT2D eigenvalue weighted by atomic mass is 16.5. The maximum absolute atomic E-state index is 5.58. The highest BCUT2D eigenvalue weighted by Gasteiger charge is 2.34. The summed E-state index contributed by atoms with van der Waals surface area (Å²) < 4.78 is 5.58. The minimum atomic E-state index is 0.442. The number of hydrogen-bond donors (Lipinski definition) is 1. The second-order valence-corrected chi connectivity index (χ2v) is 6.33. The summed E-state index contributed by atoms with van der Waals surface area (Å²) in [5.41, 5.74) is 0.442. The van der Waals surface area contributed by atoms with Gasteiger partial charge in [-0.25, -0.2) is 0 Å². The molecule has 0 atom stereocenters. The fourth-order valence-corrected chi connectivity index (χ4v) is 3.32. The molecule has 0 amide bonds. The molecule has 0 aromatic carbocycles. The van der Waals surface area contributed by atoms with Gasteiger partial charge in [-0.05, 0) is 51.4 Å². The van der Waals surface area contributed by atoms with Gasteiger partial charge in [0, 0.05) is 39.4 Å². The fourth-order valence-electron chi connectivity index (χ4n) is 3.32. The van der Waals surface area contributed by atoms with Crippen molar-refractivity contribution in [2.45, 2.75) is 26.2 Å². The lowest BCUT2D eigenvalue weighted by molar-refractivity contribution is -0.00349. The van der Waals surface area contributed by atoms with E-state index in [0.29, 0.717) is 5.41 Å². The highest BCUT2D eigenvalue weighted by molar-refractivity contribution is 4.88. The van der Waals surface area contributed by atoms with Gasteiger partial charge in [0.15, 0.2) is 0 Å². The van der Waals surface area contributed by atoms with Gasteiger partial charge in [0.25, 0.3) is 0 Å². The first kappa shape index (κ1) is 15.2. The van der Waals surface area contributed by atoms with Gasteiger partial charge in [0.1, 0.15) is 0 Å². The second-order valence-electron chi connectivity index (χ2n) is 6.33. The molecule has 0 saturated carbocycles. The largest absolute Gasteiger partial charge is 0.381 e. The summed E-state index contributed by atoms with van der Waals surface area (Å²) in [6.45, 7) is 12.5. The van der Waals surface area contributed by atoms with E-state index in [1.54, 1.807) is 0 Å². The Hall–Kier alpha value is -0.160. The molecule has 0 aliphatic carbocycles. The first-order chi connectivity index (χ1) is 9.24. The Balaban J connectivity index is 1.90. The number of ether oxygens (including phenoxy) is 1. The minimum Gasteiger partial charge on any atom is -0.381 e. The normalized spacial score (nSPS) is 26.2. The van der Waals surface area contributed by atoms with Crippen molar-refractivity contribution >= 4 is 0 Å². The Labute approximate surface area is 118 Å². The lowest BCUT2D eigenvalue weighted by atomic mass is 9.79. The van der Waals surface area contributed by atoms with Crippen LogP contribution in [0.1, 0.15) is 26.2 Å². The van der Waals surface area contributed by atoms with E-state index in [1.165, 1.54) is 52.0 Å². The molecule has 2 aliphatic rings. The zero-order valence-corrected chi connectivity index (χ0v) is 12.8. The van der Waals surface area contributed by atoms with Crippen LogP contribution in [0.25, 0.3) is 0 Å². The Morgan fingerprint density at radius 1 is 1.11 bits per heavy atom. The summed E-state index contributed by atoms with van der Waals surface area (Å²) in [6.07, 6.45) is 3.74. The van der Waals surface area contributed by atoms with E-state index in [1.807, 2.05) is 0 Å². The molecule has 0 radical (unpaired) electrons. The van der Waals surface area contributed by atoms with Gasteiger partial charge in [0.2, 0.25) is 0 Å². The van der Waals surface area contributed by atoms with Crippen LogP contribution in [0.3, 0.4) is 0 Å². The molecule has 2 fully saturated rings. The standard InChI is InChI=1S/C15H31N3O/c1-3-16-13-15(5-11-19-12-6-15)14-18-8-4-7-17(2)9-10-18/h16H,3-14H2,1-2H3. The Morgan fingerprint density at radius 3 is 2.63 bits per heavy atom. The van der Waals surface area contributed by atoms with Crippen molar-refractivity contribution in [2.75, 3.05) is 66.1 Å². The third kappa shape index (κ3) is 4.71. The molecule has 2 heterocycles. The molecule has 0 spiro atoms. The van der Waals surface area contributed by atoms with Crippen LogP contribution in [-0.2, 0) is 4.74 Å². The van der Waals surface area contributed by atoms with Crippen LogP contribution in [-0.4, -0.2) is 75.9 Å². The number of likely N-dealkylation sites (N-methyl/N-ethyl adjacent to an activating group) is 1. The van der Waals surface area contributed by atoms with Crippen molar-refractivity contribution in [1.82, 2.24) is 15.1 Å². The average Bonchev–Trinajstić information content (AvgIpc) is 2.63. The zero-order valence-electron chi connectivity index (χ0n) is 12.8. The summed E-state index contributed by atoms with van der Waals surface area (Å²) in [7, 11) is 2.24. The van der Waals surface area contributed by atoms with Crippen molar-refractivity contribution in [3.63, 3.8) is 0 Å². The maximum atomic E-state index is 5.58. The minimum absolute atomic E-state index is 0.442. The summed E-state index contributed by atoms with van der Waals surface area (Å²) in [4.78, 5) is 5.15. The van der Waals surface area contributed by atoms with E-state index in [0.717, 1.165) is 26.3 Å². The monoisotopic (exact) mass is 269 g/mol. The third-order valence-corrected chi connectivity index (χ3v) is 4.67. The first-order valence-electron chi connectivity index (χ1n) is 7.93. The van der Waals surface area contributed by atoms with E-state index in [4.69, 9.17) is 4.74 Å². The van der Waals surface area contributed by atoms with Gasteiger partial charge in [0.05, 0.1) is 0 Å². The number of nitrogens with zero attached hydrogens (tertiary/aromatic N) is 2. The van der Waals surface area contributed by atoms with Crippen molar-refractivity contribution in [3.05, 3.63) is 0 Å². The Morgan fingerprint density at radius 2 is 1.89 bits per heavy atom. The summed E-state index contributed by atoms with van der Waals surface area (Å²) in [5.74, 6) is 0. The van der Waals surface area contributed by atoms with Gasteiger partial charge in [-0.1, -0.05) is 6.92 Å². The zero-order chi connectivity index (χ0) is 13.6. The van der Waals surface area contributed by atoms with Gasteiger partial charge in [-0.2, -0.15) is 0 Å². The van der Waals surface area contributed by atoms with Gasteiger partial charge >= 0.3 is 0 Å². The summed E-state index contributed by atoms with van der Waals surface area (Å²) in [5, 5.41) is 3.58. The number of rotatable bonds is 5. The number of hydrogen-bond acceptors (Lipinski definition) is 4. The molecular weight excluding hydrogens is 238 g/mol. The molecule has 4 nitrogen and oxygen atoms in total. The third-order valence-electron chi connectivity index (χ3n) is 4.67. The van der Waals surface area contributed by atoms with Gasteiger partial charge in [-0.3, -0.25) is 0 Å². The highest BCUT2D eigenvalue weighted by Crippen LogP contribution is 2.31. The molecule has 1 N–H and O–H groups in total. The molecule has 2 aliphatic heterocycles. The van der Waals surface area contributed by atoms with Crippen molar-refractivity contribution < 1.29 is 4.74 Å². The van der Waals surface area contributed by atoms with Gasteiger partial charge in [-0.15, -0.1) is 0 Å². The lowest BCUT2D eigenvalue weighted by Crippen LogP contribution is -2.48. The molecule has 112 valence electrons.